The van der Waals surface area contributed by atoms with Crippen LogP contribution in [0.25, 0.3) is 0 Å². The van der Waals surface area contributed by atoms with Gasteiger partial charge in [-0.15, -0.1) is 10.2 Å². The Bertz CT molecular complexity index is 701. The van der Waals surface area contributed by atoms with Crippen LogP contribution in [0.4, 0.5) is 0 Å². The van der Waals surface area contributed by atoms with Crippen molar-refractivity contribution in [1.82, 2.24) is 14.8 Å². The largest absolute Gasteiger partial charge is 0.463 e. The number of hydrogen-bond donors (Lipinski definition) is 0. The molecule has 116 valence electrons. The van der Waals surface area contributed by atoms with Crippen LogP contribution in [0.5, 0.6) is 0 Å². The Morgan fingerprint density at radius 3 is 2.86 bits per heavy atom. The van der Waals surface area contributed by atoms with Crippen LogP contribution in [0, 0.1) is 0 Å². The van der Waals surface area contributed by atoms with Crippen LogP contribution >= 0.6 is 11.8 Å². The first-order valence-electron chi connectivity index (χ1n) is 7.51. The van der Waals surface area contributed by atoms with Crippen LogP contribution in [0.2, 0.25) is 0 Å². The summed E-state index contributed by atoms with van der Waals surface area (Å²) in [5.74, 6) is 2.92. The van der Waals surface area contributed by atoms with Crippen molar-refractivity contribution in [3.05, 3.63) is 29.5 Å². The summed E-state index contributed by atoms with van der Waals surface area (Å²) in [4.78, 5) is 11.4. The second-order valence-corrected chi connectivity index (χ2v) is 6.70. The highest BCUT2D eigenvalue weighted by Gasteiger charge is 2.36. The van der Waals surface area contributed by atoms with Crippen LogP contribution in [-0.2, 0) is 10.5 Å². The predicted octanol–water partition coefficient (Wildman–Crippen LogP) is 3.16. The maximum atomic E-state index is 11.4. The first-order valence-corrected chi connectivity index (χ1v) is 8.49. The molecule has 0 spiro atoms. The van der Waals surface area contributed by atoms with Gasteiger partial charge in [-0.2, -0.15) is 0 Å². The molecular weight excluding hydrogens is 302 g/mol. The van der Waals surface area contributed by atoms with Crippen molar-refractivity contribution in [2.24, 2.45) is 0 Å². The summed E-state index contributed by atoms with van der Waals surface area (Å²) in [7, 11) is 1.34. The third-order valence-electron chi connectivity index (χ3n) is 3.94. The minimum Gasteiger partial charge on any atom is -0.463 e. The van der Waals surface area contributed by atoms with E-state index in [1.54, 1.807) is 23.9 Å². The van der Waals surface area contributed by atoms with Gasteiger partial charge in [0.05, 0.1) is 12.9 Å². The topological polar surface area (TPSA) is 70.2 Å². The van der Waals surface area contributed by atoms with Gasteiger partial charge in [0, 0.05) is 12.0 Å². The normalized spacial score (nSPS) is 17.7. The number of ether oxygens (including phenoxy) is 1. The lowest BCUT2D eigenvalue weighted by Crippen LogP contribution is -2.01. The van der Waals surface area contributed by atoms with Gasteiger partial charge in [0.2, 0.25) is 5.76 Å². The standard InChI is InChI=1S/C15H17N3O3S/c1-20-14(19)12-7-6-11(21-12)8-22-15-17-16-13(9-2-3-9)18(15)10-4-5-10/h6-7,9-10H,2-5,8H2,1H3. The molecule has 0 N–H and O–H groups in total. The fourth-order valence-electron chi connectivity index (χ4n) is 2.48. The van der Waals surface area contributed by atoms with Gasteiger partial charge in [-0.25, -0.2) is 4.79 Å². The molecule has 0 atom stereocenters. The van der Waals surface area contributed by atoms with Crippen LogP contribution in [-0.4, -0.2) is 27.8 Å². The number of nitrogens with zero attached hydrogens (tertiary/aromatic N) is 3. The van der Waals surface area contributed by atoms with E-state index < -0.39 is 5.97 Å². The highest BCUT2D eigenvalue weighted by Crippen LogP contribution is 2.46. The Kier molecular flexibility index (Phi) is 3.44. The maximum Gasteiger partial charge on any atom is 0.373 e. The van der Waals surface area contributed by atoms with E-state index in [9.17, 15) is 4.79 Å². The van der Waals surface area contributed by atoms with E-state index in [0.717, 1.165) is 16.7 Å². The Morgan fingerprint density at radius 1 is 1.36 bits per heavy atom. The number of rotatable bonds is 6. The van der Waals surface area contributed by atoms with Crippen molar-refractivity contribution in [2.45, 2.75) is 48.6 Å². The zero-order valence-corrected chi connectivity index (χ0v) is 13.1. The molecule has 2 aromatic heterocycles. The quantitative estimate of drug-likeness (QED) is 0.601. The molecular formula is C15H17N3O3S. The molecule has 7 heteroatoms. The Labute approximate surface area is 132 Å². The second kappa shape index (κ2) is 5.46. The lowest BCUT2D eigenvalue weighted by atomic mass is 10.4. The van der Waals surface area contributed by atoms with E-state index in [-0.39, 0.29) is 5.76 Å². The average Bonchev–Trinajstić information content (AvgIpc) is 3.47. The smallest absolute Gasteiger partial charge is 0.373 e. The molecule has 0 amide bonds. The molecule has 2 aromatic rings. The van der Waals surface area contributed by atoms with Crippen LogP contribution in [0.1, 0.15) is 59.8 Å². The van der Waals surface area contributed by atoms with E-state index in [0.29, 0.717) is 17.7 Å². The van der Waals surface area contributed by atoms with E-state index >= 15 is 0 Å². The predicted molar refractivity (Wildman–Crippen MR) is 79.9 cm³/mol. The molecule has 0 radical (unpaired) electrons. The molecule has 22 heavy (non-hydrogen) atoms. The number of carbonyl (C=O) groups excluding carboxylic acids is 1. The van der Waals surface area contributed by atoms with Gasteiger partial charge < -0.3 is 13.7 Å². The highest BCUT2D eigenvalue weighted by molar-refractivity contribution is 7.98. The zero-order valence-electron chi connectivity index (χ0n) is 12.3. The van der Waals surface area contributed by atoms with Gasteiger partial charge >= 0.3 is 5.97 Å². The first-order chi connectivity index (χ1) is 10.8. The number of furan rings is 1. The lowest BCUT2D eigenvalue weighted by molar-refractivity contribution is 0.0563. The Balaban J connectivity index is 1.47. The van der Waals surface area contributed by atoms with Crippen molar-refractivity contribution < 1.29 is 13.9 Å². The average molecular weight is 319 g/mol. The van der Waals surface area contributed by atoms with Crippen LogP contribution < -0.4 is 0 Å². The van der Waals surface area contributed by atoms with Crippen molar-refractivity contribution in [3.8, 4) is 0 Å². The van der Waals surface area contributed by atoms with Gasteiger partial charge in [-0.1, -0.05) is 11.8 Å². The van der Waals surface area contributed by atoms with E-state index in [1.165, 1.54) is 32.8 Å². The number of aromatic nitrogens is 3. The molecule has 2 heterocycles. The molecule has 4 rings (SSSR count). The molecule has 0 unspecified atom stereocenters. The van der Waals surface area contributed by atoms with E-state index in [2.05, 4.69) is 19.5 Å². The summed E-state index contributed by atoms with van der Waals surface area (Å²) in [5, 5.41) is 9.70. The molecule has 2 aliphatic rings. The van der Waals surface area contributed by atoms with Crippen LogP contribution in [0.15, 0.2) is 21.7 Å². The molecule has 2 saturated carbocycles. The summed E-state index contributed by atoms with van der Waals surface area (Å²) < 4.78 is 12.4. The molecule has 2 fully saturated rings. The summed E-state index contributed by atoms with van der Waals surface area (Å²) in [6.45, 7) is 0. The molecule has 6 nitrogen and oxygen atoms in total. The van der Waals surface area contributed by atoms with Gasteiger partial charge in [0.15, 0.2) is 5.16 Å². The van der Waals surface area contributed by atoms with E-state index in [4.69, 9.17) is 4.42 Å². The summed E-state index contributed by atoms with van der Waals surface area (Å²) in [6, 6.07) is 4.03. The molecule has 0 saturated heterocycles. The van der Waals surface area contributed by atoms with Crippen molar-refractivity contribution in [1.29, 1.82) is 0 Å². The molecule has 0 aromatic carbocycles. The SMILES string of the molecule is COC(=O)c1ccc(CSc2nnc(C3CC3)n2C2CC2)o1. The lowest BCUT2D eigenvalue weighted by Gasteiger charge is -2.07. The Morgan fingerprint density at radius 2 is 2.18 bits per heavy atom. The number of esters is 1. The fraction of sp³-hybridized carbons (Fsp3) is 0.533. The van der Waals surface area contributed by atoms with E-state index in [1.807, 2.05) is 0 Å². The monoisotopic (exact) mass is 319 g/mol. The summed E-state index contributed by atoms with van der Waals surface area (Å²) >= 11 is 1.61. The fourth-order valence-corrected chi connectivity index (χ4v) is 3.39. The van der Waals surface area contributed by atoms with Crippen LogP contribution in [0.3, 0.4) is 0 Å². The number of carbonyl (C=O) groups is 1. The molecule has 0 aliphatic heterocycles. The second-order valence-electron chi connectivity index (χ2n) is 5.76. The summed E-state index contributed by atoms with van der Waals surface area (Å²) in [6.07, 6.45) is 4.91. The highest BCUT2D eigenvalue weighted by atomic mass is 32.2. The van der Waals surface area contributed by atoms with Gasteiger partial charge in [0.25, 0.3) is 0 Å². The molecule has 2 aliphatic carbocycles. The first kappa shape index (κ1) is 13.9. The minimum absolute atomic E-state index is 0.237. The maximum absolute atomic E-state index is 11.4. The van der Waals surface area contributed by atoms with Crippen molar-refractivity contribution in [2.75, 3.05) is 7.11 Å². The van der Waals surface area contributed by atoms with Crippen molar-refractivity contribution in [3.63, 3.8) is 0 Å². The molecule has 0 bridgehead atoms. The Hall–Kier alpha value is -1.76. The zero-order chi connectivity index (χ0) is 15.1. The minimum atomic E-state index is -0.451. The number of thioether (sulfide) groups is 1. The number of methoxy groups -OCH3 is 1. The summed E-state index contributed by atoms with van der Waals surface area (Å²) in [5.41, 5.74) is 0. The third-order valence-corrected chi connectivity index (χ3v) is 4.90. The number of hydrogen-bond acceptors (Lipinski definition) is 6. The third kappa shape index (κ3) is 2.65. The van der Waals surface area contributed by atoms with Gasteiger partial charge in [-0.05, 0) is 37.8 Å². The van der Waals surface area contributed by atoms with Gasteiger partial charge in [0.1, 0.15) is 11.6 Å². The van der Waals surface area contributed by atoms with Crippen molar-refractivity contribution >= 4 is 17.7 Å². The van der Waals surface area contributed by atoms with Gasteiger partial charge in [-0.3, -0.25) is 0 Å².